The van der Waals surface area contributed by atoms with E-state index in [1.807, 2.05) is 41.2 Å². The Hall–Kier alpha value is -2.14. The van der Waals surface area contributed by atoms with Crippen molar-refractivity contribution >= 4 is 5.91 Å². The van der Waals surface area contributed by atoms with E-state index in [0.29, 0.717) is 6.54 Å². The topological polar surface area (TPSA) is 59.0 Å². The van der Waals surface area contributed by atoms with Crippen molar-refractivity contribution in [2.45, 2.75) is 39.3 Å². The van der Waals surface area contributed by atoms with Gasteiger partial charge in [-0.3, -0.25) is 4.79 Å². The third-order valence-corrected chi connectivity index (χ3v) is 4.51. The second-order valence-corrected chi connectivity index (χ2v) is 6.83. The van der Waals surface area contributed by atoms with Crippen molar-refractivity contribution in [2.75, 3.05) is 6.54 Å². The van der Waals surface area contributed by atoms with Gasteiger partial charge in [-0.15, -0.1) is 0 Å². The van der Waals surface area contributed by atoms with Crippen LogP contribution in [0.3, 0.4) is 0 Å². The van der Waals surface area contributed by atoms with Crippen LogP contribution in [0.5, 0.6) is 0 Å². The molecule has 122 valence electrons. The zero-order valence-electron chi connectivity index (χ0n) is 13.7. The molecular weight excluding hydrogens is 288 g/mol. The van der Waals surface area contributed by atoms with Crippen LogP contribution in [-0.4, -0.2) is 28.3 Å². The second-order valence-electron chi connectivity index (χ2n) is 6.83. The lowest BCUT2D eigenvalue weighted by Gasteiger charge is -2.38. The molecule has 2 N–H and O–H groups in total. The van der Waals surface area contributed by atoms with E-state index in [2.05, 4.69) is 29.6 Å². The first-order valence-electron chi connectivity index (χ1n) is 8.16. The van der Waals surface area contributed by atoms with Crippen LogP contribution in [0.1, 0.15) is 32.3 Å². The summed E-state index contributed by atoms with van der Waals surface area (Å²) in [6.07, 6.45) is 5.95. The molecule has 1 saturated heterocycles. The van der Waals surface area contributed by atoms with E-state index in [1.54, 1.807) is 6.20 Å². The number of nitrogens with zero attached hydrogens (tertiary/aromatic N) is 2. The van der Waals surface area contributed by atoms with Gasteiger partial charge in [-0.25, -0.2) is 4.68 Å². The normalized spacial score (nSPS) is 20.2. The van der Waals surface area contributed by atoms with E-state index >= 15 is 0 Å². The number of carbonyl (C=O) groups is 1. The van der Waals surface area contributed by atoms with Crippen molar-refractivity contribution in [1.29, 1.82) is 0 Å². The van der Waals surface area contributed by atoms with Gasteiger partial charge in [0.15, 0.2) is 0 Å². The van der Waals surface area contributed by atoms with Gasteiger partial charge in [0.05, 0.1) is 17.9 Å². The minimum Gasteiger partial charge on any atom is -0.351 e. The highest BCUT2D eigenvalue weighted by atomic mass is 16.2. The standard InChI is InChI=1S/C18H24N4O/c1-18(2)9-6-10-19-16(18)17(23)20-11-14-12-21-22(13-14)15-7-4-3-5-8-15/h3-5,7-8,12-13,16,19H,6,9-11H2,1-2H3,(H,20,23). The van der Waals surface area contributed by atoms with E-state index < -0.39 is 0 Å². The lowest BCUT2D eigenvalue weighted by molar-refractivity contribution is -0.126. The number of nitrogens with one attached hydrogen (secondary N) is 2. The lowest BCUT2D eigenvalue weighted by atomic mass is 9.77. The largest absolute Gasteiger partial charge is 0.351 e. The van der Waals surface area contributed by atoms with Crippen LogP contribution in [-0.2, 0) is 11.3 Å². The quantitative estimate of drug-likeness (QED) is 0.910. The Bertz CT molecular complexity index is 663. The summed E-state index contributed by atoms with van der Waals surface area (Å²) < 4.78 is 1.82. The highest BCUT2D eigenvalue weighted by Crippen LogP contribution is 2.30. The molecule has 1 aromatic carbocycles. The van der Waals surface area contributed by atoms with Crippen LogP contribution in [0.4, 0.5) is 0 Å². The molecule has 0 saturated carbocycles. The SMILES string of the molecule is CC1(C)CCCNC1C(=O)NCc1cnn(-c2ccccc2)c1. The molecule has 1 aliphatic heterocycles. The average Bonchev–Trinajstić information content (AvgIpc) is 3.02. The molecule has 3 rings (SSSR count). The number of piperidine rings is 1. The summed E-state index contributed by atoms with van der Waals surface area (Å²) in [5, 5.41) is 10.7. The van der Waals surface area contributed by atoms with Gasteiger partial charge >= 0.3 is 0 Å². The van der Waals surface area contributed by atoms with Gasteiger partial charge in [0.2, 0.25) is 5.91 Å². The van der Waals surface area contributed by atoms with Crippen molar-refractivity contribution in [2.24, 2.45) is 5.41 Å². The first-order chi connectivity index (χ1) is 11.1. The molecule has 1 atom stereocenters. The minimum atomic E-state index is -0.125. The van der Waals surface area contributed by atoms with Crippen molar-refractivity contribution < 1.29 is 4.79 Å². The second kappa shape index (κ2) is 6.54. The Balaban J connectivity index is 1.60. The fraction of sp³-hybridized carbons (Fsp3) is 0.444. The maximum atomic E-state index is 12.5. The van der Waals surface area contributed by atoms with Crippen LogP contribution in [0.25, 0.3) is 5.69 Å². The maximum absolute atomic E-state index is 12.5. The van der Waals surface area contributed by atoms with E-state index in [9.17, 15) is 4.79 Å². The highest BCUT2D eigenvalue weighted by molar-refractivity contribution is 5.82. The molecule has 1 unspecified atom stereocenters. The van der Waals surface area contributed by atoms with E-state index in [1.165, 1.54) is 0 Å². The first-order valence-corrected chi connectivity index (χ1v) is 8.16. The molecule has 0 aliphatic carbocycles. The van der Waals surface area contributed by atoms with Crippen molar-refractivity contribution in [3.63, 3.8) is 0 Å². The van der Waals surface area contributed by atoms with Crippen molar-refractivity contribution in [1.82, 2.24) is 20.4 Å². The summed E-state index contributed by atoms with van der Waals surface area (Å²) in [6.45, 7) is 5.71. The van der Waals surface area contributed by atoms with Crippen molar-refractivity contribution in [3.05, 3.63) is 48.3 Å². The average molecular weight is 312 g/mol. The number of hydrogen-bond acceptors (Lipinski definition) is 3. The van der Waals surface area contributed by atoms with Gasteiger partial charge in [-0.2, -0.15) is 5.10 Å². The summed E-state index contributed by atoms with van der Waals surface area (Å²) in [7, 11) is 0. The molecule has 1 amide bonds. The zero-order valence-corrected chi connectivity index (χ0v) is 13.7. The Labute approximate surface area is 137 Å². The molecule has 1 fully saturated rings. The third-order valence-electron chi connectivity index (χ3n) is 4.51. The molecule has 0 spiro atoms. The predicted molar refractivity (Wildman–Crippen MR) is 90.2 cm³/mol. The fourth-order valence-electron chi connectivity index (χ4n) is 3.12. The van der Waals surface area contributed by atoms with Gasteiger partial charge < -0.3 is 10.6 Å². The van der Waals surface area contributed by atoms with Crippen LogP contribution < -0.4 is 10.6 Å². The highest BCUT2D eigenvalue weighted by Gasteiger charge is 2.36. The zero-order chi connectivity index (χ0) is 16.3. The monoisotopic (exact) mass is 312 g/mol. The number of amides is 1. The summed E-state index contributed by atoms with van der Waals surface area (Å²) in [6, 6.07) is 9.83. The molecule has 2 aromatic rings. The number of para-hydroxylation sites is 1. The Morgan fingerprint density at radius 1 is 1.39 bits per heavy atom. The Kier molecular flexibility index (Phi) is 4.48. The number of rotatable bonds is 4. The number of hydrogen-bond donors (Lipinski definition) is 2. The summed E-state index contributed by atoms with van der Waals surface area (Å²) >= 11 is 0. The molecule has 5 heteroatoms. The van der Waals surface area contributed by atoms with Gasteiger partial charge in [-0.05, 0) is 36.9 Å². The predicted octanol–water partition coefficient (Wildman–Crippen LogP) is 2.27. The first kappa shape index (κ1) is 15.7. The number of benzene rings is 1. The van der Waals surface area contributed by atoms with Crippen LogP contribution in [0.15, 0.2) is 42.7 Å². The molecule has 0 bridgehead atoms. The molecule has 23 heavy (non-hydrogen) atoms. The van der Waals surface area contributed by atoms with Crippen LogP contribution in [0.2, 0.25) is 0 Å². The van der Waals surface area contributed by atoms with Crippen LogP contribution in [0, 0.1) is 5.41 Å². The fourth-order valence-corrected chi connectivity index (χ4v) is 3.12. The molecular formula is C18H24N4O. The van der Waals surface area contributed by atoms with Crippen LogP contribution >= 0.6 is 0 Å². The molecule has 0 radical (unpaired) electrons. The Morgan fingerprint density at radius 2 is 2.17 bits per heavy atom. The van der Waals surface area contributed by atoms with Gasteiger partial charge in [0.25, 0.3) is 0 Å². The van der Waals surface area contributed by atoms with E-state index in [-0.39, 0.29) is 17.4 Å². The van der Waals surface area contributed by atoms with E-state index in [0.717, 1.165) is 30.6 Å². The summed E-state index contributed by atoms with van der Waals surface area (Å²) in [5.41, 5.74) is 2.01. The number of carbonyl (C=O) groups excluding carboxylic acids is 1. The molecule has 1 aliphatic rings. The summed E-state index contributed by atoms with van der Waals surface area (Å²) in [5.74, 6) is 0.0714. The van der Waals surface area contributed by atoms with Gasteiger partial charge in [0, 0.05) is 18.3 Å². The summed E-state index contributed by atoms with van der Waals surface area (Å²) in [4.78, 5) is 12.5. The Morgan fingerprint density at radius 3 is 2.91 bits per heavy atom. The van der Waals surface area contributed by atoms with Crippen molar-refractivity contribution in [3.8, 4) is 5.69 Å². The van der Waals surface area contributed by atoms with Gasteiger partial charge in [0.1, 0.15) is 0 Å². The maximum Gasteiger partial charge on any atom is 0.237 e. The third kappa shape index (κ3) is 3.62. The number of aromatic nitrogens is 2. The molecule has 5 nitrogen and oxygen atoms in total. The smallest absolute Gasteiger partial charge is 0.237 e. The molecule has 2 heterocycles. The minimum absolute atomic E-state index is 0.00342. The molecule has 1 aromatic heterocycles. The van der Waals surface area contributed by atoms with E-state index in [4.69, 9.17) is 0 Å². The van der Waals surface area contributed by atoms with Gasteiger partial charge in [-0.1, -0.05) is 32.0 Å². The lowest BCUT2D eigenvalue weighted by Crippen LogP contribution is -2.55.